The maximum absolute atomic E-state index is 14.2. The highest BCUT2D eigenvalue weighted by Crippen LogP contribution is 2.37. The fraction of sp³-hybridized carbons (Fsp3) is 0.156. The van der Waals surface area contributed by atoms with Crippen molar-refractivity contribution in [2.24, 2.45) is 0 Å². The average molecular weight is 597 g/mol. The number of rotatable bonds is 12. The highest BCUT2D eigenvalue weighted by Gasteiger charge is 2.28. The first-order chi connectivity index (χ1) is 21.5. The van der Waals surface area contributed by atoms with Crippen LogP contribution in [0.1, 0.15) is 27.6 Å². The first-order valence-electron chi connectivity index (χ1n) is 13.2. The van der Waals surface area contributed by atoms with Gasteiger partial charge in [-0.2, -0.15) is 19.9 Å². The average Bonchev–Trinajstić information content (AvgIpc) is 3.07. The molecule has 0 saturated carbocycles. The number of benzene rings is 3. The quantitative estimate of drug-likeness (QED) is 0.160. The number of esters is 1. The van der Waals surface area contributed by atoms with Gasteiger partial charge in [-0.15, -0.1) is 0 Å². The van der Waals surface area contributed by atoms with Crippen molar-refractivity contribution >= 4 is 5.97 Å². The van der Waals surface area contributed by atoms with Crippen LogP contribution in [0.25, 0.3) is 0 Å². The number of aromatic nitrogens is 4. The SMILES string of the molecule is COc1cc(OC)nc(Oc2cccc(Oc3nc(OC)cc(OC)n3)c2C(=O)OC(c2ccccc2)c2ccccc2)n1. The molecule has 5 rings (SSSR count). The Bertz CT molecular complexity index is 1560. The molecule has 3 aromatic carbocycles. The zero-order valence-corrected chi connectivity index (χ0v) is 24.3. The molecule has 0 aliphatic carbocycles. The van der Waals surface area contributed by atoms with Crippen LogP contribution >= 0.6 is 0 Å². The Balaban J connectivity index is 1.60. The molecule has 5 aromatic rings. The lowest BCUT2D eigenvalue weighted by Crippen LogP contribution is -2.15. The first-order valence-corrected chi connectivity index (χ1v) is 13.2. The van der Waals surface area contributed by atoms with Crippen molar-refractivity contribution in [2.45, 2.75) is 6.10 Å². The number of methoxy groups -OCH3 is 4. The van der Waals surface area contributed by atoms with Gasteiger partial charge in [-0.3, -0.25) is 0 Å². The smallest absolute Gasteiger partial charge is 0.346 e. The van der Waals surface area contributed by atoms with Crippen molar-refractivity contribution in [3.8, 4) is 47.0 Å². The summed E-state index contributed by atoms with van der Waals surface area (Å²) in [5.74, 6) is 0.0389. The lowest BCUT2D eigenvalue weighted by molar-refractivity contribution is 0.0372. The lowest BCUT2D eigenvalue weighted by Gasteiger charge is -2.21. The van der Waals surface area contributed by atoms with Crippen LogP contribution in [0, 0.1) is 0 Å². The predicted molar refractivity (Wildman–Crippen MR) is 157 cm³/mol. The molecule has 0 radical (unpaired) electrons. The van der Waals surface area contributed by atoms with E-state index in [2.05, 4.69) is 19.9 Å². The summed E-state index contributed by atoms with van der Waals surface area (Å²) in [7, 11) is 5.77. The highest BCUT2D eigenvalue weighted by molar-refractivity contribution is 5.96. The summed E-state index contributed by atoms with van der Waals surface area (Å²) in [6, 6.07) is 26.1. The molecule has 0 N–H and O–H groups in total. The summed E-state index contributed by atoms with van der Waals surface area (Å²) in [6.45, 7) is 0. The Morgan fingerprint density at radius 3 is 1.30 bits per heavy atom. The lowest BCUT2D eigenvalue weighted by atomic mass is 10.0. The van der Waals surface area contributed by atoms with E-state index in [1.54, 1.807) is 18.2 Å². The normalized spacial score (nSPS) is 10.6. The van der Waals surface area contributed by atoms with E-state index >= 15 is 0 Å². The number of hydrogen-bond acceptors (Lipinski definition) is 12. The number of nitrogens with zero attached hydrogens (tertiary/aromatic N) is 4. The third-order valence-electron chi connectivity index (χ3n) is 6.18. The molecule has 0 fully saturated rings. The molecule has 2 heterocycles. The van der Waals surface area contributed by atoms with Crippen LogP contribution in [0.5, 0.6) is 47.0 Å². The summed E-state index contributed by atoms with van der Waals surface area (Å²) in [4.78, 5) is 31.1. The monoisotopic (exact) mass is 596 g/mol. The van der Waals surface area contributed by atoms with Crippen molar-refractivity contribution in [1.82, 2.24) is 19.9 Å². The van der Waals surface area contributed by atoms with Gasteiger partial charge in [0.25, 0.3) is 0 Å². The molecule has 0 amide bonds. The van der Waals surface area contributed by atoms with Crippen molar-refractivity contribution in [2.75, 3.05) is 28.4 Å². The molecule has 12 heteroatoms. The van der Waals surface area contributed by atoms with Crippen LogP contribution < -0.4 is 28.4 Å². The topological polar surface area (TPSA) is 133 Å². The zero-order valence-electron chi connectivity index (χ0n) is 24.3. The minimum absolute atomic E-state index is 0.0255. The van der Waals surface area contributed by atoms with Gasteiger partial charge in [0, 0.05) is 0 Å². The summed E-state index contributed by atoms with van der Waals surface area (Å²) in [5, 5.41) is 0. The third kappa shape index (κ3) is 6.93. The molecule has 0 unspecified atom stereocenters. The Hall–Kier alpha value is -5.91. The Kier molecular flexibility index (Phi) is 9.30. The van der Waals surface area contributed by atoms with Gasteiger partial charge in [-0.25, -0.2) is 4.79 Å². The van der Waals surface area contributed by atoms with Gasteiger partial charge >= 0.3 is 18.0 Å². The fourth-order valence-electron chi connectivity index (χ4n) is 4.11. The second kappa shape index (κ2) is 13.8. The van der Waals surface area contributed by atoms with Gasteiger partial charge in [0.1, 0.15) is 17.1 Å². The van der Waals surface area contributed by atoms with E-state index in [0.717, 1.165) is 11.1 Å². The van der Waals surface area contributed by atoms with E-state index in [9.17, 15) is 4.79 Å². The molecule has 0 aliphatic rings. The van der Waals surface area contributed by atoms with E-state index in [1.165, 1.54) is 40.6 Å². The fourth-order valence-corrected chi connectivity index (χ4v) is 4.11. The molecule has 12 nitrogen and oxygen atoms in total. The minimum Gasteiger partial charge on any atom is -0.481 e. The van der Waals surface area contributed by atoms with Crippen molar-refractivity contribution < 1.29 is 38.0 Å². The van der Waals surface area contributed by atoms with Crippen LogP contribution in [-0.4, -0.2) is 54.3 Å². The summed E-state index contributed by atoms with van der Waals surface area (Å²) >= 11 is 0. The molecule has 224 valence electrons. The van der Waals surface area contributed by atoms with E-state index in [0.29, 0.717) is 0 Å². The van der Waals surface area contributed by atoms with Gasteiger partial charge in [0.15, 0.2) is 6.10 Å². The summed E-state index contributed by atoms with van der Waals surface area (Å²) in [5.41, 5.74) is 1.43. The maximum Gasteiger partial charge on any atom is 0.346 e. The second-order valence-electron chi connectivity index (χ2n) is 8.91. The van der Waals surface area contributed by atoms with E-state index < -0.39 is 12.1 Å². The number of hydrogen-bond donors (Lipinski definition) is 0. The summed E-state index contributed by atoms with van der Waals surface area (Å²) in [6.07, 6.45) is -0.757. The Labute approximate surface area is 253 Å². The predicted octanol–water partition coefficient (Wildman–Crippen LogP) is 5.83. The summed E-state index contributed by atoms with van der Waals surface area (Å²) < 4.78 is 39.2. The number of carbonyl (C=O) groups excluding carboxylic acids is 1. The van der Waals surface area contributed by atoms with Crippen LogP contribution in [0.4, 0.5) is 0 Å². The van der Waals surface area contributed by atoms with Gasteiger partial charge in [-0.05, 0) is 23.3 Å². The zero-order chi connectivity index (χ0) is 30.9. The Morgan fingerprint density at radius 1 is 0.545 bits per heavy atom. The molecule has 44 heavy (non-hydrogen) atoms. The minimum atomic E-state index is -0.766. The first kappa shape index (κ1) is 29.6. The molecular formula is C32H28N4O8. The van der Waals surface area contributed by atoms with Crippen LogP contribution in [0.3, 0.4) is 0 Å². The molecule has 2 aromatic heterocycles. The van der Waals surface area contributed by atoms with Crippen molar-refractivity contribution in [3.05, 3.63) is 108 Å². The van der Waals surface area contributed by atoms with E-state index in [4.69, 9.17) is 33.2 Å². The van der Waals surface area contributed by atoms with Gasteiger partial charge in [0.2, 0.25) is 23.5 Å². The molecular weight excluding hydrogens is 568 g/mol. The van der Waals surface area contributed by atoms with Gasteiger partial charge < -0.3 is 33.2 Å². The van der Waals surface area contributed by atoms with Crippen LogP contribution in [0.15, 0.2) is 91.0 Å². The van der Waals surface area contributed by atoms with Gasteiger partial charge in [0.05, 0.1) is 40.6 Å². The second-order valence-corrected chi connectivity index (χ2v) is 8.91. The largest absolute Gasteiger partial charge is 0.481 e. The maximum atomic E-state index is 14.2. The molecule has 0 aliphatic heterocycles. The molecule has 0 atom stereocenters. The standard InChI is InChI=1S/C32H28N4O8/c1-38-24-18-25(39-2)34-31(33-24)42-22-16-11-17-23(43-32-35-26(40-3)19-27(36-32)41-4)28(22)30(37)44-29(20-12-7-5-8-13-20)21-14-9-6-10-15-21/h5-19,29H,1-4H3. The van der Waals surface area contributed by atoms with E-state index in [1.807, 2.05) is 60.7 Å². The van der Waals surface area contributed by atoms with Crippen LogP contribution in [-0.2, 0) is 4.74 Å². The molecule has 0 saturated heterocycles. The number of ether oxygens (including phenoxy) is 7. The molecule has 0 spiro atoms. The third-order valence-corrected chi connectivity index (χ3v) is 6.18. The van der Waals surface area contributed by atoms with Crippen molar-refractivity contribution in [1.29, 1.82) is 0 Å². The highest BCUT2D eigenvalue weighted by atomic mass is 16.6. The van der Waals surface area contributed by atoms with Crippen molar-refractivity contribution in [3.63, 3.8) is 0 Å². The van der Waals surface area contributed by atoms with Crippen LogP contribution in [0.2, 0.25) is 0 Å². The Morgan fingerprint density at radius 2 is 0.932 bits per heavy atom. The number of carbonyl (C=O) groups is 1. The molecule has 0 bridgehead atoms. The van der Waals surface area contributed by atoms with Gasteiger partial charge in [-0.1, -0.05) is 66.7 Å². The van der Waals surface area contributed by atoms with E-state index in [-0.39, 0.29) is 52.6 Å².